The van der Waals surface area contributed by atoms with Crippen molar-refractivity contribution in [3.63, 3.8) is 0 Å². The van der Waals surface area contributed by atoms with Gasteiger partial charge in [-0.25, -0.2) is 0 Å². The molecule has 0 aromatic carbocycles. The molecule has 0 atom stereocenters. The van der Waals surface area contributed by atoms with Crippen LogP contribution in [-0.4, -0.2) is 22.9 Å². The summed E-state index contributed by atoms with van der Waals surface area (Å²) in [4.78, 5) is 6.50. The molecule has 0 aliphatic heterocycles. The highest BCUT2D eigenvalue weighted by atomic mass is 79.9. The van der Waals surface area contributed by atoms with Crippen LogP contribution >= 0.6 is 27.5 Å². The quantitative estimate of drug-likeness (QED) is 0.771. The maximum Gasteiger partial charge on any atom is 0.0822 e. The predicted molar refractivity (Wildman–Crippen MR) is 77.3 cm³/mol. The molecule has 0 N–H and O–H groups in total. The van der Waals surface area contributed by atoms with E-state index in [0.29, 0.717) is 6.04 Å². The molecule has 1 aliphatic carbocycles. The SMILES string of the molecule is Clc1cnccc1N(CCBr)C1CCCCC1. The van der Waals surface area contributed by atoms with E-state index in [4.69, 9.17) is 11.6 Å². The minimum atomic E-state index is 0.640. The number of nitrogens with zero attached hydrogens (tertiary/aromatic N) is 2. The normalized spacial score (nSPS) is 17.1. The van der Waals surface area contributed by atoms with Gasteiger partial charge in [-0.2, -0.15) is 0 Å². The van der Waals surface area contributed by atoms with Crippen LogP contribution in [0.4, 0.5) is 5.69 Å². The maximum atomic E-state index is 6.25. The van der Waals surface area contributed by atoms with Gasteiger partial charge in [-0.3, -0.25) is 4.98 Å². The second-order valence-corrected chi connectivity index (χ2v) is 5.70. The van der Waals surface area contributed by atoms with Gasteiger partial charge in [0.25, 0.3) is 0 Å². The lowest BCUT2D eigenvalue weighted by molar-refractivity contribution is 0.419. The zero-order valence-corrected chi connectivity index (χ0v) is 12.3. The first-order valence-electron chi connectivity index (χ1n) is 6.25. The summed E-state index contributed by atoms with van der Waals surface area (Å²) in [7, 11) is 0. The fraction of sp³-hybridized carbons (Fsp3) is 0.615. The van der Waals surface area contributed by atoms with E-state index < -0.39 is 0 Å². The van der Waals surface area contributed by atoms with Crippen LogP contribution in [0.5, 0.6) is 0 Å². The molecule has 0 amide bonds. The van der Waals surface area contributed by atoms with E-state index in [1.165, 1.54) is 32.1 Å². The second-order valence-electron chi connectivity index (χ2n) is 4.50. The molecule has 1 heterocycles. The van der Waals surface area contributed by atoms with Gasteiger partial charge in [0.15, 0.2) is 0 Å². The monoisotopic (exact) mass is 316 g/mol. The van der Waals surface area contributed by atoms with Crippen LogP contribution in [0.15, 0.2) is 18.5 Å². The molecule has 0 saturated heterocycles. The van der Waals surface area contributed by atoms with Gasteiger partial charge in [-0.05, 0) is 18.9 Å². The van der Waals surface area contributed by atoms with Crippen molar-refractivity contribution in [3.8, 4) is 0 Å². The van der Waals surface area contributed by atoms with Crippen LogP contribution in [0.25, 0.3) is 0 Å². The Morgan fingerprint density at radius 1 is 1.35 bits per heavy atom. The van der Waals surface area contributed by atoms with Crippen molar-refractivity contribution in [2.45, 2.75) is 38.1 Å². The number of alkyl halides is 1. The third-order valence-electron chi connectivity index (χ3n) is 3.40. The first kappa shape index (κ1) is 13.2. The standard InChI is InChI=1S/C13H18BrClN2/c14-7-9-17(11-4-2-1-3-5-11)13-6-8-16-10-12(13)15/h6,8,10-11H,1-5,7,9H2. The lowest BCUT2D eigenvalue weighted by Crippen LogP contribution is -2.38. The van der Waals surface area contributed by atoms with Crippen LogP contribution < -0.4 is 4.90 Å². The average Bonchev–Trinajstić information content (AvgIpc) is 2.38. The highest BCUT2D eigenvalue weighted by Gasteiger charge is 2.22. The molecule has 94 valence electrons. The topological polar surface area (TPSA) is 16.1 Å². The van der Waals surface area contributed by atoms with Crippen molar-refractivity contribution in [2.24, 2.45) is 0 Å². The van der Waals surface area contributed by atoms with Crippen LogP contribution in [-0.2, 0) is 0 Å². The molecule has 4 heteroatoms. The van der Waals surface area contributed by atoms with Gasteiger partial charge in [0, 0.05) is 30.3 Å². The van der Waals surface area contributed by atoms with E-state index >= 15 is 0 Å². The number of aromatic nitrogens is 1. The summed E-state index contributed by atoms with van der Waals surface area (Å²) in [5.74, 6) is 0. The Hall–Kier alpha value is -0.280. The van der Waals surface area contributed by atoms with Gasteiger partial charge in [-0.15, -0.1) is 0 Å². The highest BCUT2D eigenvalue weighted by Crippen LogP contribution is 2.31. The largest absolute Gasteiger partial charge is 0.366 e. The van der Waals surface area contributed by atoms with Gasteiger partial charge in [-0.1, -0.05) is 46.8 Å². The summed E-state index contributed by atoms with van der Waals surface area (Å²) in [5, 5.41) is 1.74. The molecular formula is C13H18BrClN2. The summed E-state index contributed by atoms with van der Waals surface area (Å²) in [6.45, 7) is 1.01. The first-order chi connectivity index (χ1) is 8.33. The molecule has 1 saturated carbocycles. The third-order valence-corrected chi connectivity index (χ3v) is 4.05. The summed E-state index contributed by atoms with van der Waals surface area (Å²) in [6, 6.07) is 2.67. The lowest BCUT2D eigenvalue weighted by atomic mass is 9.94. The molecule has 0 bridgehead atoms. The summed E-state index contributed by atoms with van der Waals surface area (Å²) >= 11 is 9.79. The molecular weight excluding hydrogens is 300 g/mol. The van der Waals surface area contributed by atoms with Crippen LogP contribution in [0.2, 0.25) is 5.02 Å². The molecule has 0 unspecified atom stereocenters. The van der Waals surface area contributed by atoms with E-state index in [2.05, 4.69) is 25.8 Å². The molecule has 17 heavy (non-hydrogen) atoms. The van der Waals surface area contributed by atoms with E-state index in [1.807, 2.05) is 12.3 Å². The molecule has 1 aromatic rings. The van der Waals surface area contributed by atoms with Crippen molar-refractivity contribution in [1.29, 1.82) is 0 Å². The molecule has 2 rings (SSSR count). The summed E-state index contributed by atoms with van der Waals surface area (Å²) < 4.78 is 0. The highest BCUT2D eigenvalue weighted by molar-refractivity contribution is 9.09. The van der Waals surface area contributed by atoms with Crippen molar-refractivity contribution >= 4 is 33.2 Å². The van der Waals surface area contributed by atoms with Crippen molar-refractivity contribution in [3.05, 3.63) is 23.5 Å². The molecule has 1 aromatic heterocycles. The Morgan fingerprint density at radius 3 is 2.76 bits per heavy atom. The lowest BCUT2D eigenvalue weighted by Gasteiger charge is -2.36. The minimum Gasteiger partial charge on any atom is -0.366 e. The van der Waals surface area contributed by atoms with Crippen LogP contribution in [0, 0.1) is 0 Å². The minimum absolute atomic E-state index is 0.640. The number of rotatable bonds is 4. The van der Waals surface area contributed by atoms with Gasteiger partial charge in [0.05, 0.1) is 10.7 Å². The van der Waals surface area contributed by atoms with E-state index in [0.717, 1.165) is 22.6 Å². The number of anilines is 1. The fourth-order valence-corrected chi connectivity index (χ4v) is 3.19. The summed E-state index contributed by atoms with van der Waals surface area (Å²) in [6.07, 6.45) is 10.2. The Bertz CT molecular complexity index is 353. The molecule has 1 aliphatic rings. The van der Waals surface area contributed by atoms with Gasteiger partial charge < -0.3 is 4.90 Å². The summed E-state index contributed by atoms with van der Waals surface area (Å²) in [5.41, 5.74) is 1.13. The van der Waals surface area contributed by atoms with Gasteiger partial charge in [0.1, 0.15) is 0 Å². The van der Waals surface area contributed by atoms with E-state index in [1.54, 1.807) is 6.20 Å². The second kappa shape index (κ2) is 6.60. The van der Waals surface area contributed by atoms with Crippen molar-refractivity contribution < 1.29 is 0 Å². The molecule has 2 nitrogen and oxygen atoms in total. The van der Waals surface area contributed by atoms with Gasteiger partial charge >= 0.3 is 0 Å². The van der Waals surface area contributed by atoms with Crippen LogP contribution in [0.1, 0.15) is 32.1 Å². The molecule has 1 fully saturated rings. The van der Waals surface area contributed by atoms with Gasteiger partial charge in [0.2, 0.25) is 0 Å². The Kier molecular flexibility index (Phi) is 5.11. The Morgan fingerprint density at radius 2 is 2.12 bits per heavy atom. The predicted octanol–water partition coefficient (Wildman–Crippen LogP) is 4.27. The zero-order chi connectivity index (χ0) is 12.1. The molecule has 0 spiro atoms. The van der Waals surface area contributed by atoms with Crippen LogP contribution in [0.3, 0.4) is 0 Å². The first-order valence-corrected chi connectivity index (χ1v) is 7.75. The van der Waals surface area contributed by atoms with E-state index in [9.17, 15) is 0 Å². The number of pyridine rings is 1. The number of hydrogen-bond donors (Lipinski definition) is 0. The molecule has 0 radical (unpaired) electrons. The number of hydrogen-bond acceptors (Lipinski definition) is 2. The van der Waals surface area contributed by atoms with Crippen molar-refractivity contribution in [2.75, 3.05) is 16.8 Å². The van der Waals surface area contributed by atoms with Crippen molar-refractivity contribution in [1.82, 2.24) is 4.98 Å². The number of halogens is 2. The fourth-order valence-electron chi connectivity index (χ4n) is 2.58. The average molecular weight is 318 g/mol. The third kappa shape index (κ3) is 3.35. The Balaban J connectivity index is 2.18. The Labute approximate surface area is 116 Å². The maximum absolute atomic E-state index is 6.25. The zero-order valence-electron chi connectivity index (χ0n) is 9.91. The smallest absolute Gasteiger partial charge is 0.0822 e. The van der Waals surface area contributed by atoms with E-state index in [-0.39, 0.29) is 0 Å².